The number of hydrogen-bond donors (Lipinski definition) is 0. The van der Waals surface area contributed by atoms with Crippen molar-refractivity contribution < 1.29 is 23.8 Å². The van der Waals surface area contributed by atoms with E-state index >= 15 is 0 Å². The molecule has 0 atom stereocenters. The van der Waals surface area contributed by atoms with E-state index in [4.69, 9.17) is 14.2 Å². The Labute approximate surface area is 158 Å². The summed E-state index contributed by atoms with van der Waals surface area (Å²) in [7, 11) is 1.46. The lowest BCUT2D eigenvalue weighted by atomic mass is 10.1. The molecule has 26 heavy (non-hydrogen) atoms. The predicted molar refractivity (Wildman–Crippen MR) is 99.1 cm³/mol. The second-order valence-electron chi connectivity index (χ2n) is 5.35. The second kappa shape index (κ2) is 7.53. The zero-order chi connectivity index (χ0) is 18.7. The normalized spacial score (nSPS) is 14.8. The summed E-state index contributed by atoms with van der Waals surface area (Å²) in [6.45, 7) is 1.31. The minimum absolute atomic E-state index is 0.169. The summed E-state index contributed by atoms with van der Waals surface area (Å²) in [6.07, 6.45) is 1.58. The van der Waals surface area contributed by atoms with E-state index in [1.165, 1.54) is 14.0 Å². The molecule has 0 fully saturated rings. The molecule has 0 saturated heterocycles. The molecule has 3 rings (SSSR count). The van der Waals surface area contributed by atoms with Gasteiger partial charge in [-0.25, -0.2) is 9.79 Å². The van der Waals surface area contributed by atoms with Gasteiger partial charge in [-0.2, -0.15) is 0 Å². The lowest BCUT2D eigenvalue weighted by molar-refractivity contribution is -0.132. The summed E-state index contributed by atoms with van der Waals surface area (Å²) in [6, 6.07) is 12.2. The first kappa shape index (κ1) is 17.9. The minimum Gasteiger partial charge on any atom is -0.493 e. The van der Waals surface area contributed by atoms with E-state index in [2.05, 4.69) is 20.9 Å². The zero-order valence-electron chi connectivity index (χ0n) is 14.0. The van der Waals surface area contributed by atoms with E-state index in [0.29, 0.717) is 22.6 Å². The van der Waals surface area contributed by atoms with Gasteiger partial charge in [0.15, 0.2) is 17.2 Å². The van der Waals surface area contributed by atoms with Gasteiger partial charge in [0.05, 0.1) is 7.11 Å². The van der Waals surface area contributed by atoms with Crippen molar-refractivity contribution in [3.05, 3.63) is 63.8 Å². The van der Waals surface area contributed by atoms with Gasteiger partial charge in [0.1, 0.15) is 0 Å². The molecule has 0 bridgehead atoms. The molecule has 2 aromatic carbocycles. The van der Waals surface area contributed by atoms with Crippen LogP contribution in [0.3, 0.4) is 0 Å². The van der Waals surface area contributed by atoms with Gasteiger partial charge < -0.3 is 14.2 Å². The van der Waals surface area contributed by atoms with Gasteiger partial charge >= 0.3 is 11.9 Å². The van der Waals surface area contributed by atoms with Crippen LogP contribution >= 0.6 is 15.9 Å². The summed E-state index contributed by atoms with van der Waals surface area (Å²) < 4.78 is 16.4. The molecule has 2 aromatic rings. The van der Waals surface area contributed by atoms with Crippen molar-refractivity contribution in [1.82, 2.24) is 0 Å². The molecule has 1 heterocycles. The average molecular weight is 416 g/mol. The first-order valence-corrected chi connectivity index (χ1v) is 8.40. The smallest absolute Gasteiger partial charge is 0.363 e. The topological polar surface area (TPSA) is 74.2 Å². The maximum absolute atomic E-state index is 12.1. The molecule has 0 amide bonds. The standard InChI is InChI=1S/C19H14BrNO5/c1-11(22)25-16-7-6-12(9-17(16)24-2)8-15-19(23)26-18(21-15)13-4-3-5-14(20)10-13/h3-10H,1-2H3/b15-8-. The van der Waals surface area contributed by atoms with Gasteiger partial charge in [-0.05, 0) is 42.0 Å². The number of aliphatic imine (C=N–C) groups is 1. The van der Waals surface area contributed by atoms with Crippen LogP contribution in [-0.2, 0) is 14.3 Å². The molecule has 0 unspecified atom stereocenters. The van der Waals surface area contributed by atoms with E-state index in [1.807, 2.05) is 18.2 Å². The highest BCUT2D eigenvalue weighted by Gasteiger charge is 2.24. The van der Waals surface area contributed by atoms with Crippen molar-refractivity contribution in [2.75, 3.05) is 7.11 Å². The van der Waals surface area contributed by atoms with Crippen LogP contribution in [0.1, 0.15) is 18.1 Å². The van der Waals surface area contributed by atoms with Crippen molar-refractivity contribution in [2.45, 2.75) is 6.92 Å². The summed E-state index contributed by atoms with van der Waals surface area (Å²) in [4.78, 5) is 27.5. The Morgan fingerprint density at radius 1 is 1.19 bits per heavy atom. The third-order valence-electron chi connectivity index (χ3n) is 3.44. The molecule has 0 spiro atoms. The lowest BCUT2D eigenvalue weighted by Crippen LogP contribution is -2.05. The number of hydrogen-bond acceptors (Lipinski definition) is 6. The van der Waals surface area contributed by atoms with Crippen molar-refractivity contribution in [2.24, 2.45) is 4.99 Å². The van der Waals surface area contributed by atoms with E-state index in [9.17, 15) is 9.59 Å². The fourth-order valence-corrected chi connectivity index (χ4v) is 2.72. The van der Waals surface area contributed by atoms with E-state index < -0.39 is 11.9 Å². The van der Waals surface area contributed by atoms with Gasteiger partial charge in [-0.1, -0.05) is 28.1 Å². The van der Waals surface area contributed by atoms with Crippen LogP contribution < -0.4 is 9.47 Å². The summed E-state index contributed by atoms with van der Waals surface area (Å²) in [5, 5.41) is 0. The van der Waals surface area contributed by atoms with Crippen LogP contribution in [0, 0.1) is 0 Å². The minimum atomic E-state index is -0.539. The third kappa shape index (κ3) is 4.00. The van der Waals surface area contributed by atoms with Crippen LogP contribution in [-0.4, -0.2) is 24.9 Å². The van der Waals surface area contributed by atoms with Gasteiger partial charge in [0, 0.05) is 17.0 Å². The van der Waals surface area contributed by atoms with E-state index in [0.717, 1.165) is 4.47 Å². The summed E-state index contributed by atoms with van der Waals surface area (Å²) in [5.41, 5.74) is 1.52. The number of carbonyl (C=O) groups is 2. The largest absolute Gasteiger partial charge is 0.493 e. The molecule has 1 aliphatic rings. The Hall–Kier alpha value is -2.93. The third-order valence-corrected chi connectivity index (χ3v) is 3.93. The fourth-order valence-electron chi connectivity index (χ4n) is 2.33. The molecular weight excluding hydrogens is 402 g/mol. The molecule has 0 radical (unpaired) electrons. The molecule has 132 valence electrons. The number of rotatable bonds is 4. The fraction of sp³-hybridized carbons (Fsp3) is 0.105. The van der Waals surface area contributed by atoms with Crippen molar-refractivity contribution in [3.8, 4) is 11.5 Å². The van der Waals surface area contributed by atoms with Crippen molar-refractivity contribution in [1.29, 1.82) is 0 Å². The number of cyclic esters (lactones) is 1. The number of benzene rings is 2. The lowest BCUT2D eigenvalue weighted by Gasteiger charge is -2.08. The number of carbonyl (C=O) groups excluding carboxylic acids is 2. The highest BCUT2D eigenvalue weighted by Crippen LogP contribution is 2.30. The molecule has 1 aliphatic heterocycles. The van der Waals surface area contributed by atoms with Gasteiger partial charge in [-0.3, -0.25) is 4.79 Å². The molecule has 0 N–H and O–H groups in total. The SMILES string of the molecule is COc1cc(/C=C2\N=C(c3cccc(Br)c3)OC2=O)ccc1OC(C)=O. The van der Waals surface area contributed by atoms with Crippen molar-refractivity contribution >= 4 is 39.8 Å². The number of halogens is 1. The summed E-state index contributed by atoms with van der Waals surface area (Å²) in [5.74, 6) is -0.0716. The Morgan fingerprint density at radius 2 is 2.00 bits per heavy atom. The number of nitrogens with zero attached hydrogens (tertiary/aromatic N) is 1. The second-order valence-corrected chi connectivity index (χ2v) is 6.27. The van der Waals surface area contributed by atoms with Gasteiger partial charge in [-0.15, -0.1) is 0 Å². The highest BCUT2D eigenvalue weighted by molar-refractivity contribution is 9.10. The van der Waals surface area contributed by atoms with E-state index in [1.54, 1.807) is 30.3 Å². The Kier molecular flexibility index (Phi) is 5.18. The Balaban J connectivity index is 1.92. The Morgan fingerprint density at radius 3 is 2.69 bits per heavy atom. The number of ether oxygens (including phenoxy) is 3. The Bertz CT molecular complexity index is 949. The molecule has 6 nitrogen and oxygen atoms in total. The highest BCUT2D eigenvalue weighted by atomic mass is 79.9. The first-order chi connectivity index (χ1) is 12.5. The van der Waals surface area contributed by atoms with Gasteiger partial charge in [0.2, 0.25) is 5.90 Å². The zero-order valence-corrected chi connectivity index (χ0v) is 15.6. The van der Waals surface area contributed by atoms with Crippen LogP contribution in [0.2, 0.25) is 0 Å². The van der Waals surface area contributed by atoms with Crippen LogP contribution in [0.4, 0.5) is 0 Å². The molecular formula is C19H14BrNO5. The monoisotopic (exact) mass is 415 g/mol. The summed E-state index contributed by atoms with van der Waals surface area (Å²) >= 11 is 3.37. The molecule has 0 saturated carbocycles. The van der Waals surface area contributed by atoms with Crippen LogP contribution in [0.5, 0.6) is 11.5 Å². The number of methoxy groups -OCH3 is 1. The first-order valence-electron chi connectivity index (χ1n) is 7.61. The van der Waals surface area contributed by atoms with Crippen LogP contribution in [0.25, 0.3) is 6.08 Å². The number of esters is 2. The maximum Gasteiger partial charge on any atom is 0.363 e. The van der Waals surface area contributed by atoms with E-state index in [-0.39, 0.29) is 11.6 Å². The maximum atomic E-state index is 12.1. The van der Waals surface area contributed by atoms with Crippen LogP contribution in [0.15, 0.2) is 57.6 Å². The van der Waals surface area contributed by atoms with Crippen molar-refractivity contribution in [3.63, 3.8) is 0 Å². The molecule has 0 aliphatic carbocycles. The average Bonchev–Trinajstić information content (AvgIpc) is 2.96. The molecule has 0 aromatic heterocycles. The quantitative estimate of drug-likeness (QED) is 0.432. The molecule has 7 heteroatoms. The predicted octanol–water partition coefficient (Wildman–Crippen LogP) is 3.73. The van der Waals surface area contributed by atoms with Gasteiger partial charge in [0.25, 0.3) is 0 Å².